The van der Waals surface area contributed by atoms with Gasteiger partial charge in [0, 0.05) is 12.2 Å². The second-order valence-electron chi connectivity index (χ2n) is 10.7. The molecular weight excluding hydrogens is 526 g/mol. The minimum atomic E-state index is -0.949. The van der Waals surface area contributed by atoms with Crippen molar-refractivity contribution in [3.8, 4) is 0 Å². The molecule has 0 aliphatic heterocycles. The molecule has 1 aliphatic rings. The van der Waals surface area contributed by atoms with Gasteiger partial charge in [0.2, 0.25) is 5.91 Å². The van der Waals surface area contributed by atoms with Gasteiger partial charge in [0.05, 0.1) is 19.0 Å². The van der Waals surface area contributed by atoms with Crippen molar-refractivity contribution in [2.75, 3.05) is 11.9 Å². The van der Waals surface area contributed by atoms with Crippen LogP contribution in [0.1, 0.15) is 40.3 Å². The minimum Gasteiger partial charge on any atom is -0.481 e. The first-order valence-corrected chi connectivity index (χ1v) is 14.3. The fourth-order valence-corrected chi connectivity index (χ4v) is 5.84. The molecule has 0 radical (unpaired) electrons. The zero-order valence-electron chi connectivity index (χ0n) is 23.4. The van der Waals surface area contributed by atoms with Crippen molar-refractivity contribution in [1.29, 1.82) is 0 Å². The zero-order chi connectivity index (χ0) is 29.3. The average Bonchev–Trinajstić information content (AvgIpc) is 3.00. The first-order valence-electron chi connectivity index (χ1n) is 14.3. The van der Waals surface area contributed by atoms with Crippen molar-refractivity contribution in [1.82, 2.24) is 10.2 Å². The van der Waals surface area contributed by atoms with Crippen LogP contribution >= 0.6 is 0 Å². The molecule has 0 unspecified atom stereocenters. The normalized spacial score (nSPS) is 15.7. The SMILES string of the molecule is O=C(O)Cc1cccc(NC(=O)NCC(=O)N(Cc2ccccc2)[C@@H]2c3ccccc3CC[C@H]2Cc2ccccc2)c1. The van der Waals surface area contributed by atoms with Crippen LogP contribution in [0.3, 0.4) is 0 Å². The van der Waals surface area contributed by atoms with E-state index < -0.39 is 12.0 Å². The van der Waals surface area contributed by atoms with E-state index in [-0.39, 0.29) is 30.8 Å². The highest BCUT2D eigenvalue weighted by Gasteiger charge is 2.36. The van der Waals surface area contributed by atoms with E-state index in [4.69, 9.17) is 5.11 Å². The predicted octanol–water partition coefficient (Wildman–Crippen LogP) is 6.01. The molecule has 42 heavy (non-hydrogen) atoms. The summed E-state index contributed by atoms with van der Waals surface area (Å²) < 4.78 is 0. The highest BCUT2D eigenvalue weighted by molar-refractivity contribution is 5.92. The maximum atomic E-state index is 14.0. The van der Waals surface area contributed by atoms with E-state index in [1.54, 1.807) is 24.3 Å². The lowest BCUT2D eigenvalue weighted by Crippen LogP contribution is -2.46. The molecule has 214 valence electrons. The Labute approximate surface area is 246 Å². The Morgan fingerprint density at radius 2 is 1.45 bits per heavy atom. The fourth-order valence-electron chi connectivity index (χ4n) is 5.84. The molecule has 7 heteroatoms. The van der Waals surface area contributed by atoms with Crippen LogP contribution in [0.2, 0.25) is 0 Å². The second-order valence-corrected chi connectivity index (χ2v) is 10.7. The first-order chi connectivity index (χ1) is 20.5. The molecule has 2 atom stereocenters. The molecule has 0 saturated carbocycles. The molecule has 0 bridgehead atoms. The van der Waals surface area contributed by atoms with Gasteiger partial charge in [0.25, 0.3) is 0 Å². The highest BCUT2D eigenvalue weighted by Crippen LogP contribution is 2.41. The van der Waals surface area contributed by atoms with E-state index in [1.807, 2.05) is 65.6 Å². The van der Waals surface area contributed by atoms with Crippen LogP contribution in [-0.2, 0) is 35.4 Å². The van der Waals surface area contributed by atoms with Gasteiger partial charge >= 0.3 is 12.0 Å². The number of anilines is 1. The van der Waals surface area contributed by atoms with E-state index in [2.05, 4.69) is 34.9 Å². The van der Waals surface area contributed by atoms with E-state index in [0.717, 1.165) is 30.4 Å². The third kappa shape index (κ3) is 7.43. The van der Waals surface area contributed by atoms with Gasteiger partial charge in [-0.05, 0) is 65.1 Å². The standard InChI is InChI=1S/C35H35N3O4/c39-32(23-36-35(42)37-30-16-9-14-27(21-30)22-33(40)41)38(24-26-12-5-2-6-13-26)34-29(20-25-10-3-1-4-11-25)19-18-28-15-7-8-17-31(28)34/h1-17,21,29,34H,18-20,22-24H2,(H,40,41)(H2,36,37,42)/t29-,34-/m0/s1. The lowest BCUT2D eigenvalue weighted by molar-refractivity contribution is -0.136. The second kappa shape index (κ2) is 13.6. The number of rotatable bonds is 10. The molecule has 3 N–H and O–H groups in total. The number of carboxylic acids is 1. The number of urea groups is 1. The fraction of sp³-hybridized carbons (Fsp3) is 0.229. The number of carboxylic acid groups (broad SMARTS) is 1. The Morgan fingerprint density at radius 1 is 0.786 bits per heavy atom. The van der Waals surface area contributed by atoms with Gasteiger partial charge < -0.3 is 20.6 Å². The molecule has 5 rings (SSSR count). The first kappa shape index (κ1) is 28.6. The number of carbonyl (C=O) groups is 3. The van der Waals surface area contributed by atoms with E-state index in [0.29, 0.717) is 17.8 Å². The van der Waals surface area contributed by atoms with Crippen LogP contribution in [0.25, 0.3) is 0 Å². The Hall–Kier alpha value is -4.91. The average molecular weight is 562 g/mol. The van der Waals surface area contributed by atoms with Gasteiger partial charge in [-0.1, -0.05) is 97.1 Å². The summed E-state index contributed by atoms with van der Waals surface area (Å²) in [6.45, 7) is 0.245. The molecule has 0 spiro atoms. The Bertz CT molecular complexity index is 1520. The zero-order valence-corrected chi connectivity index (χ0v) is 23.4. The summed E-state index contributed by atoms with van der Waals surface area (Å²) >= 11 is 0. The molecule has 0 saturated heterocycles. The molecule has 4 aromatic carbocycles. The van der Waals surface area contributed by atoms with Gasteiger partial charge in [-0.15, -0.1) is 0 Å². The number of aryl methyl sites for hydroxylation is 1. The maximum Gasteiger partial charge on any atom is 0.319 e. The van der Waals surface area contributed by atoms with Crippen LogP contribution in [0.15, 0.2) is 109 Å². The third-order valence-electron chi connectivity index (χ3n) is 7.74. The quantitative estimate of drug-likeness (QED) is 0.221. The molecule has 0 heterocycles. The number of nitrogens with zero attached hydrogens (tertiary/aromatic N) is 1. The number of nitrogens with one attached hydrogen (secondary N) is 2. The number of amides is 3. The number of carbonyl (C=O) groups excluding carboxylic acids is 2. The van der Waals surface area contributed by atoms with Crippen molar-refractivity contribution >= 4 is 23.6 Å². The molecule has 1 aliphatic carbocycles. The number of hydrogen-bond acceptors (Lipinski definition) is 3. The Balaban J connectivity index is 1.38. The summed E-state index contributed by atoms with van der Waals surface area (Å²) in [6, 6.07) is 34.7. The largest absolute Gasteiger partial charge is 0.481 e. The van der Waals surface area contributed by atoms with Gasteiger partial charge in [0.15, 0.2) is 0 Å². The van der Waals surface area contributed by atoms with Gasteiger partial charge in [0.1, 0.15) is 0 Å². The van der Waals surface area contributed by atoms with Crippen LogP contribution in [0.5, 0.6) is 0 Å². The van der Waals surface area contributed by atoms with E-state index >= 15 is 0 Å². The summed E-state index contributed by atoms with van der Waals surface area (Å²) in [6.07, 6.45) is 2.62. The van der Waals surface area contributed by atoms with Crippen LogP contribution in [-0.4, -0.2) is 34.5 Å². The smallest absolute Gasteiger partial charge is 0.319 e. The number of fused-ring (bicyclic) bond motifs is 1. The van der Waals surface area contributed by atoms with Gasteiger partial charge in [-0.2, -0.15) is 0 Å². The van der Waals surface area contributed by atoms with Gasteiger partial charge in [-0.3, -0.25) is 9.59 Å². The monoisotopic (exact) mass is 561 g/mol. The molecular formula is C35H35N3O4. The summed E-state index contributed by atoms with van der Waals surface area (Å²) in [5, 5.41) is 14.5. The van der Waals surface area contributed by atoms with Crippen LogP contribution in [0, 0.1) is 5.92 Å². The van der Waals surface area contributed by atoms with Crippen molar-refractivity contribution in [3.05, 3.63) is 137 Å². The Morgan fingerprint density at radius 3 is 2.19 bits per heavy atom. The lowest BCUT2D eigenvalue weighted by Gasteiger charge is -2.42. The van der Waals surface area contributed by atoms with Crippen molar-refractivity contribution in [2.45, 2.75) is 38.3 Å². The summed E-state index contributed by atoms with van der Waals surface area (Å²) in [5.74, 6) is -0.912. The summed E-state index contributed by atoms with van der Waals surface area (Å²) in [7, 11) is 0. The molecule has 4 aromatic rings. The predicted molar refractivity (Wildman–Crippen MR) is 163 cm³/mol. The highest BCUT2D eigenvalue weighted by atomic mass is 16.4. The molecule has 0 aromatic heterocycles. The minimum absolute atomic E-state index is 0.142. The molecule has 3 amide bonds. The summed E-state index contributed by atoms with van der Waals surface area (Å²) in [5.41, 5.74) is 5.71. The number of aliphatic carboxylic acids is 1. The molecule has 0 fully saturated rings. The van der Waals surface area contributed by atoms with Crippen LogP contribution in [0.4, 0.5) is 10.5 Å². The molecule has 7 nitrogen and oxygen atoms in total. The summed E-state index contributed by atoms with van der Waals surface area (Å²) in [4.78, 5) is 39.8. The topological polar surface area (TPSA) is 98.7 Å². The van der Waals surface area contributed by atoms with E-state index in [9.17, 15) is 14.4 Å². The van der Waals surface area contributed by atoms with Crippen molar-refractivity contribution in [2.24, 2.45) is 5.92 Å². The van der Waals surface area contributed by atoms with Crippen molar-refractivity contribution < 1.29 is 19.5 Å². The van der Waals surface area contributed by atoms with Crippen molar-refractivity contribution in [3.63, 3.8) is 0 Å². The van der Waals surface area contributed by atoms with Crippen LogP contribution < -0.4 is 10.6 Å². The lowest BCUT2D eigenvalue weighted by atomic mass is 9.76. The number of hydrogen-bond donors (Lipinski definition) is 3. The van der Waals surface area contributed by atoms with E-state index in [1.165, 1.54) is 11.1 Å². The maximum absolute atomic E-state index is 14.0. The Kier molecular flexibility index (Phi) is 9.29. The van der Waals surface area contributed by atoms with Gasteiger partial charge in [-0.25, -0.2) is 4.79 Å². The number of benzene rings is 4. The third-order valence-corrected chi connectivity index (χ3v) is 7.74.